The number of amides is 1. The van der Waals surface area contributed by atoms with Gasteiger partial charge in [-0.05, 0) is 36.8 Å². The molecule has 0 N–H and O–H groups in total. The number of benzene rings is 1. The molecule has 4 nitrogen and oxygen atoms in total. The molecule has 0 bridgehead atoms. The third-order valence-electron chi connectivity index (χ3n) is 3.50. The highest BCUT2D eigenvalue weighted by Gasteiger charge is 2.32. The Balaban J connectivity index is 1.78. The molecule has 0 saturated carbocycles. The minimum atomic E-state index is 0.0465. The zero-order chi connectivity index (χ0) is 15.4. The third-order valence-corrected chi connectivity index (χ3v) is 4.76. The second kappa shape index (κ2) is 6.83. The van der Waals surface area contributed by atoms with Crippen molar-refractivity contribution < 1.29 is 9.53 Å². The standard InChI is InChI=1S/C17H18N2O2S/c1-2-21-15-8-6-13(7-9-15)17-19(16(20)12-22-17)11-14-5-3-4-10-18-14/h3-10,17H,2,11-12H2,1H3. The molecule has 1 atom stereocenters. The number of hydrogen-bond acceptors (Lipinski definition) is 4. The van der Waals surface area contributed by atoms with E-state index in [0.29, 0.717) is 18.9 Å². The summed E-state index contributed by atoms with van der Waals surface area (Å²) in [6.45, 7) is 3.17. The Morgan fingerprint density at radius 1 is 1.27 bits per heavy atom. The molecule has 5 heteroatoms. The number of carbonyl (C=O) groups is 1. The summed E-state index contributed by atoms with van der Waals surface area (Å²) < 4.78 is 5.47. The smallest absolute Gasteiger partial charge is 0.234 e. The van der Waals surface area contributed by atoms with Gasteiger partial charge in [0.15, 0.2) is 0 Å². The first-order chi connectivity index (χ1) is 10.8. The lowest BCUT2D eigenvalue weighted by molar-refractivity contribution is -0.128. The van der Waals surface area contributed by atoms with Gasteiger partial charge in [-0.25, -0.2) is 0 Å². The lowest BCUT2D eigenvalue weighted by Gasteiger charge is -2.24. The fourth-order valence-electron chi connectivity index (χ4n) is 2.46. The summed E-state index contributed by atoms with van der Waals surface area (Å²) in [7, 11) is 0. The topological polar surface area (TPSA) is 42.4 Å². The molecule has 2 heterocycles. The molecule has 1 amide bonds. The summed E-state index contributed by atoms with van der Waals surface area (Å²) in [5, 5.41) is 0.0465. The highest BCUT2D eigenvalue weighted by Crippen LogP contribution is 2.39. The number of carbonyl (C=O) groups excluding carboxylic acids is 1. The number of nitrogens with zero attached hydrogens (tertiary/aromatic N) is 2. The van der Waals surface area contributed by atoms with Crippen LogP contribution in [0.3, 0.4) is 0 Å². The Kier molecular flexibility index (Phi) is 4.63. The maximum atomic E-state index is 12.2. The molecule has 1 aromatic carbocycles. The molecule has 2 aromatic rings. The van der Waals surface area contributed by atoms with Crippen molar-refractivity contribution in [3.63, 3.8) is 0 Å². The summed E-state index contributed by atoms with van der Waals surface area (Å²) in [5.41, 5.74) is 2.03. The van der Waals surface area contributed by atoms with E-state index < -0.39 is 0 Å². The Morgan fingerprint density at radius 2 is 2.09 bits per heavy atom. The van der Waals surface area contributed by atoms with Crippen molar-refractivity contribution >= 4 is 17.7 Å². The average Bonchev–Trinajstić information content (AvgIpc) is 2.91. The van der Waals surface area contributed by atoms with Crippen molar-refractivity contribution in [3.05, 3.63) is 59.9 Å². The number of hydrogen-bond donors (Lipinski definition) is 0. The Bertz CT molecular complexity index is 631. The van der Waals surface area contributed by atoms with Crippen LogP contribution in [0.15, 0.2) is 48.7 Å². The highest BCUT2D eigenvalue weighted by atomic mass is 32.2. The summed E-state index contributed by atoms with van der Waals surface area (Å²) >= 11 is 1.66. The first-order valence-electron chi connectivity index (χ1n) is 7.31. The van der Waals surface area contributed by atoms with Gasteiger partial charge in [0.1, 0.15) is 11.1 Å². The van der Waals surface area contributed by atoms with Gasteiger partial charge in [0.05, 0.1) is 24.6 Å². The second-order valence-corrected chi connectivity index (χ2v) is 6.08. The first kappa shape index (κ1) is 14.9. The SMILES string of the molecule is CCOc1ccc(C2SCC(=O)N2Cc2ccccn2)cc1. The number of thioether (sulfide) groups is 1. The van der Waals surface area contributed by atoms with Gasteiger partial charge >= 0.3 is 0 Å². The quantitative estimate of drug-likeness (QED) is 0.849. The van der Waals surface area contributed by atoms with Crippen LogP contribution in [0.1, 0.15) is 23.6 Å². The van der Waals surface area contributed by atoms with Crippen LogP contribution in [0.5, 0.6) is 5.75 Å². The number of pyridine rings is 1. The van der Waals surface area contributed by atoms with Crippen LogP contribution in [-0.2, 0) is 11.3 Å². The Hall–Kier alpha value is -2.01. The molecule has 0 radical (unpaired) electrons. The van der Waals surface area contributed by atoms with Crippen LogP contribution >= 0.6 is 11.8 Å². The van der Waals surface area contributed by atoms with E-state index in [9.17, 15) is 4.79 Å². The van der Waals surface area contributed by atoms with Crippen LogP contribution in [0.25, 0.3) is 0 Å². The van der Waals surface area contributed by atoms with Gasteiger partial charge in [0, 0.05) is 6.20 Å². The number of rotatable bonds is 5. The summed E-state index contributed by atoms with van der Waals surface area (Å²) in [4.78, 5) is 18.4. The minimum Gasteiger partial charge on any atom is -0.494 e. The molecule has 3 rings (SSSR count). The van der Waals surface area contributed by atoms with Crippen molar-refractivity contribution in [1.82, 2.24) is 9.88 Å². The Morgan fingerprint density at radius 3 is 2.77 bits per heavy atom. The fourth-order valence-corrected chi connectivity index (χ4v) is 3.65. The summed E-state index contributed by atoms with van der Waals surface area (Å²) in [6, 6.07) is 13.8. The van der Waals surface area contributed by atoms with Crippen LogP contribution in [0.2, 0.25) is 0 Å². The van der Waals surface area contributed by atoms with Crippen LogP contribution in [0.4, 0.5) is 0 Å². The normalized spacial score (nSPS) is 17.8. The molecule has 114 valence electrons. The van der Waals surface area contributed by atoms with E-state index in [1.54, 1.807) is 18.0 Å². The van der Waals surface area contributed by atoms with Crippen LogP contribution in [-0.4, -0.2) is 28.2 Å². The molecule has 1 saturated heterocycles. The van der Waals surface area contributed by atoms with E-state index in [1.807, 2.05) is 54.3 Å². The van der Waals surface area contributed by atoms with Gasteiger partial charge in [0.25, 0.3) is 0 Å². The van der Waals surface area contributed by atoms with Gasteiger partial charge < -0.3 is 9.64 Å². The average molecular weight is 314 g/mol. The maximum absolute atomic E-state index is 12.2. The molecule has 0 spiro atoms. The van der Waals surface area contributed by atoms with Crippen molar-refractivity contribution in [2.24, 2.45) is 0 Å². The van der Waals surface area contributed by atoms with E-state index in [0.717, 1.165) is 17.0 Å². The minimum absolute atomic E-state index is 0.0465. The van der Waals surface area contributed by atoms with Crippen LogP contribution in [0, 0.1) is 0 Å². The van der Waals surface area contributed by atoms with Crippen molar-refractivity contribution in [3.8, 4) is 5.75 Å². The van der Waals surface area contributed by atoms with E-state index in [1.165, 1.54) is 0 Å². The molecule has 0 aliphatic carbocycles. The van der Waals surface area contributed by atoms with Crippen molar-refractivity contribution in [2.75, 3.05) is 12.4 Å². The molecule has 1 aromatic heterocycles. The van der Waals surface area contributed by atoms with Crippen LogP contribution < -0.4 is 4.74 Å². The Labute approximate surface area is 134 Å². The molecule has 1 aliphatic heterocycles. The zero-order valence-electron chi connectivity index (χ0n) is 12.4. The molecule has 1 fully saturated rings. The van der Waals surface area contributed by atoms with Gasteiger partial charge in [-0.3, -0.25) is 9.78 Å². The first-order valence-corrected chi connectivity index (χ1v) is 8.36. The predicted octanol–water partition coefficient (Wildman–Crippen LogP) is 3.25. The molecular formula is C17H18N2O2S. The lowest BCUT2D eigenvalue weighted by atomic mass is 10.2. The largest absolute Gasteiger partial charge is 0.494 e. The summed E-state index contributed by atoms with van der Waals surface area (Å²) in [5.74, 6) is 1.54. The van der Waals surface area contributed by atoms with Crippen molar-refractivity contribution in [2.45, 2.75) is 18.8 Å². The second-order valence-electron chi connectivity index (χ2n) is 5.01. The van der Waals surface area contributed by atoms with E-state index >= 15 is 0 Å². The lowest BCUT2D eigenvalue weighted by Crippen LogP contribution is -2.28. The zero-order valence-corrected chi connectivity index (χ0v) is 13.3. The number of ether oxygens (including phenoxy) is 1. The molecular weight excluding hydrogens is 296 g/mol. The molecule has 1 aliphatic rings. The summed E-state index contributed by atoms with van der Waals surface area (Å²) in [6.07, 6.45) is 1.76. The highest BCUT2D eigenvalue weighted by molar-refractivity contribution is 8.00. The van der Waals surface area contributed by atoms with E-state index in [2.05, 4.69) is 4.98 Å². The fraction of sp³-hybridized carbons (Fsp3) is 0.294. The van der Waals surface area contributed by atoms with Crippen molar-refractivity contribution in [1.29, 1.82) is 0 Å². The van der Waals surface area contributed by atoms with E-state index in [4.69, 9.17) is 4.74 Å². The molecule has 22 heavy (non-hydrogen) atoms. The number of aromatic nitrogens is 1. The van der Waals surface area contributed by atoms with E-state index in [-0.39, 0.29) is 11.3 Å². The van der Waals surface area contributed by atoms with Gasteiger partial charge in [-0.15, -0.1) is 11.8 Å². The maximum Gasteiger partial charge on any atom is 0.234 e. The monoisotopic (exact) mass is 314 g/mol. The van der Waals surface area contributed by atoms with Gasteiger partial charge in [0.2, 0.25) is 5.91 Å². The molecule has 1 unspecified atom stereocenters. The van der Waals surface area contributed by atoms with Gasteiger partial charge in [-0.1, -0.05) is 18.2 Å². The third kappa shape index (κ3) is 3.25. The van der Waals surface area contributed by atoms with Gasteiger partial charge in [-0.2, -0.15) is 0 Å². The predicted molar refractivity (Wildman–Crippen MR) is 87.6 cm³/mol.